The van der Waals surface area contributed by atoms with Gasteiger partial charge in [0.25, 0.3) is 11.8 Å². The predicted octanol–water partition coefficient (Wildman–Crippen LogP) is 7.26. The van der Waals surface area contributed by atoms with Crippen molar-refractivity contribution in [1.29, 1.82) is 0 Å². The van der Waals surface area contributed by atoms with Crippen LogP contribution in [0, 0.1) is 18.2 Å². The summed E-state index contributed by atoms with van der Waals surface area (Å²) in [5.74, 6) is 3.13. The van der Waals surface area contributed by atoms with Crippen LogP contribution in [0.15, 0.2) is 129 Å². The summed E-state index contributed by atoms with van der Waals surface area (Å²) in [6, 6.07) is 30.0. The van der Waals surface area contributed by atoms with Gasteiger partial charge in [-0.25, -0.2) is 4.39 Å². The number of para-hydroxylation sites is 1. The Morgan fingerprint density at radius 1 is 0.842 bits per heavy atom. The molecule has 0 spiro atoms. The molecule has 3 aromatic heterocycles. The quantitative estimate of drug-likeness (QED) is 0.105. The fourth-order valence-electron chi connectivity index (χ4n) is 6.17. The van der Waals surface area contributed by atoms with Gasteiger partial charge in [0.2, 0.25) is 5.91 Å². The van der Waals surface area contributed by atoms with Crippen LogP contribution in [0.1, 0.15) is 55.6 Å². The number of terminal acetylenes is 1. The SMILES string of the molecule is C#Cc1cccc(N(CC(=O)N2CCOC(c3ccc(OCc4ccc(C(=O)N(C)Cc5ccco5)o4)cc3)C2)C(=O)c2ccc(COc3ccccc3F)o2)c1. The van der Waals surface area contributed by atoms with Gasteiger partial charge in [-0.3, -0.25) is 19.3 Å². The summed E-state index contributed by atoms with van der Waals surface area (Å²) in [6.45, 7) is 0.877. The lowest BCUT2D eigenvalue weighted by Gasteiger charge is -2.34. The van der Waals surface area contributed by atoms with Crippen LogP contribution in [0.2, 0.25) is 0 Å². The molecule has 0 radical (unpaired) electrons. The zero-order chi connectivity index (χ0) is 39.7. The maximum absolute atomic E-state index is 14.1. The van der Waals surface area contributed by atoms with E-state index in [1.54, 1.807) is 97.1 Å². The largest absolute Gasteiger partial charge is 0.486 e. The average Bonchev–Trinajstić information content (AvgIpc) is 4.05. The molecule has 0 bridgehead atoms. The van der Waals surface area contributed by atoms with Crippen LogP contribution in [0.4, 0.5) is 10.1 Å². The molecular weight excluding hydrogens is 733 g/mol. The van der Waals surface area contributed by atoms with Crippen molar-refractivity contribution in [2.24, 2.45) is 0 Å². The molecule has 6 aromatic rings. The molecule has 13 heteroatoms. The van der Waals surface area contributed by atoms with Gasteiger partial charge in [0.1, 0.15) is 48.9 Å². The fraction of sp³-hybridized carbons (Fsp3) is 0.205. The Hall–Kier alpha value is -7.04. The summed E-state index contributed by atoms with van der Waals surface area (Å²) >= 11 is 0. The van der Waals surface area contributed by atoms with Gasteiger partial charge in [-0.15, -0.1) is 6.42 Å². The second-order valence-electron chi connectivity index (χ2n) is 13.1. The Bertz CT molecular complexity index is 2360. The van der Waals surface area contributed by atoms with E-state index < -0.39 is 17.8 Å². The van der Waals surface area contributed by atoms with E-state index in [1.165, 1.54) is 28.0 Å². The summed E-state index contributed by atoms with van der Waals surface area (Å²) in [6.07, 6.45) is 6.78. The zero-order valence-corrected chi connectivity index (χ0v) is 31.0. The van der Waals surface area contributed by atoms with Crippen LogP contribution in [0.3, 0.4) is 0 Å². The second kappa shape index (κ2) is 17.6. The molecule has 3 aromatic carbocycles. The van der Waals surface area contributed by atoms with Crippen molar-refractivity contribution in [3.05, 3.63) is 161 Å². The van der Waals surface area contributed by atoms with E-state index in [4.69, 9.17) is 33.9 Å². The summed E-state index contributed by atoms with van der Waals surface area (Å²) in [5.41, 5.74) is 1.78. The van der Waals surface area contributed by atoms with Crippen molar-refractivity contribution in [3.8, 4) is 23.8 Å². The highest BCUT2D eigenvalue weighted by atomic mass is 19.1. The van der Waals surface area contributed by atoms with Gasteiger partial charge in [-0.1, -0.05) is 36.3 Å². The highest BCUT2D eigenvalue weighted by Crippen LogP contribution is 2.27. The summed E-state index contributed by atoms with van der Waals surface area (Å²) in [4.78, 5) is 45.0. The Balaban J connectivity index is 0.962. The number of anilines is 1. The van der Waals surface area contributed by atoms with E-state index in [0.29, 0.717) is 47.4 Å². The van der Waals surface area contributed by atoms with Crippen LogP contribution in [0.5, 0.6) is 11.5 Å². The number of hydrogen-bond acceptors (Lipinski definition) is 9. The first-order valence-electron chi connectivity index (χ1n) is 18.1. The van der Waals surface area contributed by atoms with Gasteiger partial charge >= 0.3 is 0 Å². The van der Waals surface area contributed by atoms with Crippen molar-refractivity contribution in [1.82, 2.24) is 9.80 Å². The van der Waals surface area contributed by atoms with E-state index in [0.717, 1.165) is 5.56 Å². The van der Waals surface area contributed by atoms with Crippen LogP contribution in [-0.2, 0) is 29.3 Å². The first-order valence-corrected chi connectivity index (χ1v) is 18.1. The number of hydrogen-bond donors (Lipinski definition) is 0. The Morgan fingerprint density at radius 3 is 2.30 bits per heavy atom. The minimum absolute atomic E-state index is 0.0297. The Morgan fingerprint density at radius 2 is 1.58 bits per heavy atom. The molecular formula is C44H38FN3O9. The number of nitrogens with zero attached hydrogens (tertiary/aromatic N) is 3. The van der Waals surface area contributed by atoms with Crippen LogP contribution in [0.25, 0.3) is 0 Å². The number of rotatable bonds is 14. The highest BCUT2D eigenvalue weighted by molar-refractivity contribution is 6.07. The molecule has 1 aliphatic heterocycles. The summed E-state index contributed by atoms with van der Waals surface area (Å²) < 4.78 is 48.4. The maximum Gasteiger partial charge on any atom is 0.294 e. The third-order valence-electron chi connectivity index (χ3n) is 9.19. The van der Waals surface area contributed by atoms with Crippen molar-refractivity contribution in [3.63, 3.8) is 0 Å². The minimum Gasteiger partial charge on any atom is -0.486 e. The molecule has 12 nitrogen and oxygen atoms in total. The number of benzene rings is 3. The van der Waals surface area contributed by atoms with Gasteiger partial charge in [0.15, 0.2) is 23.1 Å². The zero-order valence-electron chi connectivity index (χ0n) is 31.0. The van der Waals surface area contributed by atoms with Crippen LogP contribution < -0.4 is 14.4 Å². The standard InChI is InChI=1S/C44H38FN3O9/c1-3-30-8-6-9-32(24-30)48(44(51)40-20-18-36(57-40)29-55-38-12-5-4-11-37(38)45)27-42(49)47-21-23-53-41(26-47)31-13-15-33(16-14-31)54-28-35-17-19-39(56-35)43(50)46(2)25-34-10-7-22-52-34/h1,4-20,22,24,41H,21,23,25-29H2,2H3. The second-order valence-corrected chi connectivity index (χ2v) is 13.1. The van der Waals surface area contributed by atoms with Crippen molar-refractivity contribution < 1.29 is 46.2 Å². The van der Waals surface area contributed by atoms with E-state index in [-0.39, 0.29) is 62.0 Å². The molecule has 0 N–H and O–H groups in total. The Kier molecular flexibility index (Phi) is 11.8. The third kappa shape index (κ3) is 9.44. The maximum atomic E-state index is 14.1. The van der Waals surface area contributed by atoms with Gasteiger partial charge in [0, 0.05) is 24.8 Å². The van der Waals surface area contributed by atoms with Gasteiger partial charge < -0.3 is 37.3 Å². The van der Waals surface area contributed by atoms with Gasteiger partial charge in [-0.2, -0.15) is 0 Å². The van der Waals surface area contributed by atoms with Crippen LogP contribution in [-0.4, -0.2) is 60.8 Å². The number of carbonyl (C=O) groups is 3. The molecule has 0 saturated carbocycles. The smallest absolute Gasteiger partial charge is 0.294 e. The monoisotopic (exact) mass is 771 g/mol. The highest BCUT2D eigenvalue weighted by Gasteiger charge is 2.30. The van der Waals surface area contributed by atoms with Crippen molar-refractivity contribution in [2.75, 3.05) is 38.2 Å². The molecule has 1 atom stereocenters. The number of halogens is 1. The molecule has 4 heterocycles. The number of ether oxygens (including phenoxy) is 3. The van der Waals surface area contributed by atoms with Gasteiger partial charge in [-0.05, 0) is 84.4 Å². The lowest BCUT2D eigenvalue weighted by Crippen LogP contribution is -2.48. The first kappa shape index (κ1) is 38.2. The number of morpholine rings is 1. The molecule has 57 heavy (non-hydrogen) atoms. The number of carbonyl (C=O) groups excluding carboxylic acids is 3. The molecule has 1 fully saturated rings. The Labute approximate surface area is 327 Å². The van der Waals surface area contributed by atoms with Gasteiger partial charge in [0.05, 0.1) is 26.0 Å². The molecule has 1 unspecified atom stereocenters. The van der Waals surface area contributed by atoms with Crippen molar-refractivity contribution in [2.45, 2.75) is 25.9 Å². The minimum atomic E-state index is -0.565. The fourth-order valence-corrected chi connectivity index (χ4v) is 6.17. The van der Waals surface area contributed by atoms with E-state index in [1.807, 2.05) is 12.1 Å². The van der Waals surface area contributed by atoms with E-state index >= 15 is 0 Å². The lowest BCUT2D eigenvalue weighted by atomic mass is 10.1. The summed E-state index contributed by atoms with van der Waals surface area (Å²) in [5, 5.41) is 0. The van der Waals surface area contributed by atoms with Crippen LogP contribution >= 0.6 is 0 Å². The molecule has 7 rings (SSSR count). The molecule has 3 amide bonds. The van der Waals surface area contributed by atoms with E-state index in [9.17, 15) is 18.8 Å². The molecule has 1 saturated heterocycles. The van der Waals surface area contributed by atoms with E-state index in [2.05, 4.69) is 5.92 Å². The molecule has 290 valence electrons. The normalized spacial score (nSPS) is 13.8. The first-order chi connectivity index (χ1) is 27.7. The topological polar surface area (TPSA) is 128 Å². The molecule has 1 aliphatic rings. The lowest BCUT2D eigenvalue weighted by molar-refractivity contribution is -0.137. The summed E-state index contributed by atoms with van der Waals surface area (Å²) in [7, 11) is 1.67. The number of furan rings is 3. The predicted molar refractivity (Wildman–Crippen MR) is 205 cm³/mol. The number of amides is 3. The molecule has 0 aliphatic carbocycles. The third-order valence-corrected chi connectivity index (χ3v) is 9.19. The average molecular weight is 772 g/mol. The van der Waals surface area contributed by atoms with Crippen molar-refractivity contribution >= 4 is 23.4 Å².